The molecular formula is C18H18Cl2N2O. The summed E-state index contributed by atoms with van der Waals surface area (Å²) in [5.74, 6) is -0.0476. The first-order valence-corrected chi connectivity index (χ1v) is 8.31. The summed E-state index contributed by atoms with van der Waals surface area (Å²) in [6.07, 6.45) is 0. The van der Waals surface area contributed by atoms with Crippen molar-refractivity contribution in [1.29, 1.82) is 0 Å². The van der Waals surface area contributed by atoms with Gasteiger partial charge in [0.15, 0.2) is 0 Å². The summed E-state index contributed by atoms with van der Waals surface area (Å²) in [7, 11) is 2.08. The highest BCUT2D eigenvalue weighted by atomic mass is 35.5. The average Bonchev–Trinajstić information content (AvgIpc) is 2.55. The molecule has 0 N–H and O–H groups in total. The van der Waals surface area contributed by atoms with Crippen molar-refractivity contribution in [2.45, 2.75) is 6.04 Å². The van der Waals surface area contributed by atoms with Gasteiger partial charge in [0, 0.05) is 24.7 Å². The molecular weight excluding hydrogens is 331 g/mol. The number of likely N-dealkylation sites (N-methyl/N-ethyl adjacent to an activating group) is 1. The van der Waals surface area contributed by atoms with Gasteiger partial charge < -0.3 is 9.80 Å². The molecule has 120 valence electrons. The lowest BCUT2D eigenvalue weighted by molar-refractivity contribution is 0.0498. The number of nitrogens with zero attached hydrogens (tertiary/aromatic N) is 2. The van der Waals surface area contributed by atoms with E-state index in [1.165, 1.54) is 0 Å². The minimum absolute atomic E-state index is 0.0224. The van der Waals surface area contributed by atoms with Crippen LogP contribution in [0.25, 0.3) is 0 Å². The van der Waals surface area contributed by atoms with E-state index in [0.29, 0.717) is 22.2 Å². The molecule has 3 nitrogen and oxygen atoms in total. The fourth-order valence-corrected chi connectivity index (χ4v) is 3.43. The van der Waals surface area contributed by atoms with Crippen LogP contribution in [0.15, 0.2) is 48.5 Å². The van der Waals surface area contributed by atoms with Crippen molar-refractivity contribution in [1.82, 2.24) is 9.80 Å². The largest absolute Gasteiger partial charge is 0.329 e. The van der Waals surface area contributed by atoms with E-state index >= 15 is 0 Å². The van der Waals surface area contributed by atoms with Crippen molar-refractivity contribution in [3.8, 4) is 0 Å². The summed E-state index contributed by atoms with van der Waals surface area (Å²) in [6, 6.07) is 15.2. The molecule has 2 aromatic carbocycles. The van der Waals surface area contributed by atoms with Gasteiger partial charge in [-0.2, -0.15) is 0 Å². The summed E-state index contributed by atoms with van der Waals surface area (Å²) in [6.45, 7) is 2.33. The van der Waals surface area contributed by atoms with E-state index < -0.39 is 0 Å². The van der Waals surface area contributed by atoms with Crippen molar-refractivity contribution in [3.05, 3.63) is 69.7 Å². The third-order valence-corrected chi connectivity index (χ3v) is 4.74. The second-order valence-corrected chi connectivity index (χ2v) is 6.66. The highest BCUT2D eigenvalue weighted by Gasteiger charge is 2.31. The first kappa shape index (κ1) is 16.3. The minimum atomic E-state index is -0.0476. The number of carbonyl (C=O) groups is 1. The molecule has 1 amide bonds. The van der Waals surface area contributed by atoms with Crippen LogP contribution in [0.5, 0.6) is 0 Å². The quantitative estimate of drug-likeness (QED) is 0.814. The van der Waals surface area contributed by atoms with Gasteiger partial charge in [-0.3, -0.25) is 4.79 Å². The van der Waals surface area contributed by atoms with Gasteiger partial charge >= 0.3 is 0 Å². The number of benzene rings is 2. The Kier molecular flexibility index (Phi) is 4.90. The van der Waals surface area contributed by atoms with Gasteiger partial charge in [-0.25, -0.2) is 0 Å². The lowest BCUT2D eigenvalue weighted by Crippen LogP contribution is -2.49. The maximum absolute atomic E-state index is 13.0. The monoisotopic (exact) mass is 348 g/mol. The van der Waals surface area contributed by atoms with Crippen LogP contribution in [0.2, 0.25) is 10.0 Å². The summed E-state index contributed by atoms with van der Waals surface area (Å²) in [5.41, 5.74) is 1.64. The second kappa shape index (κ2) is 6.91. The van der Waals surface area contributed by atoms with Crippen molar-refractivity contribution < 1.29 is 4.79 Å². The zero-order valence-corrected chi connectivity index (χ0v) is 14.4. The minimum Gasteiger partial charge on any atom is -0.329 e. The topological polar surface area (TPSA) is 23.6 Å². The average molecular weight is 349 g/mol. The van der Waals surface area contributed by atoms with Crippen LogP contribution in [-0.4, -0.2) is 42.4 Å². The Bertz CT molecular complexity index is 705. The molecule has 2 aromatic rings. The third-order valence-electron chi connectivity index (χ3n) is 4.19. The van der Waals surface area contributed by atoms with E-state index in [2.05, 4.69) is 24.1 Å². The van der Waals surface area contributed by atoms with E-state index in [-0.39, 0.29) is 11.9 Å². The third kappa shape index (κ3) is 3.52. The van der Waals surface area contributed by atoms with E-state index in [4.69, 9.17) is 23.2 Å². The smallest absolute Gasteiger partial charge is 0.255 e. The van der Waals surface area contributed by atoms with Gasteiger partial charge in [0.1, 0.15) is 0 Å². The summed E-state index contributed by atoms with van der Waals surface area (Å²) >= 11 is 12.2. The van der Waals surface area contributed by atoms with Crippen LogP contribution in [0, 0.1) is 0 Å². The first-order valence-electron chi connectivity index (χ1n) is 7.56. The normalized spacial score (nSPS) is 18.9. The van der Waals surface area contributed by atoms with Crippen molar-refractivity contribution in [2.75, 3.05) is 26.7 Å². The Morgan fingerprint density at radius 3 is 2.52 bits per heavy atom. The van der Waals surface area contributed by atoms with Crippen LogP contribution in [0.4, 0.5) is 0 Å². The van der Waals surface area contributed by atoms with E-state index in [1.807, 2.05) is 23.1 Å². The van der Waals surface area contributed by atoms with Crippen molar-refractivity contribution in [2.24, 2.45) is 0 Å². The van der Waals surface area contributed by atoms with Gasteiger partial charge in [0.05, 0.1) is 16.6 Å². The van der Waals surface area contributed by atoms with E-state index in [0.717, 1.165) is 18.7 Å². The Morgan fingerprint density at radius 1 is 1.09 bits per heavy atom. The molecule has 0 bridgehead atoms. The maximum Gasteiger partial charge on any atom is 0.255 e. The van der Waals surface area contributed by atoms with Crippen LogP contribution in [-0.2, 0) is 0 Å². The van der Waals surface area contributed by atoms with Crippen LogP contribution >= 0.6 is 23.2 Å². The number of halogens is 2. The summed E-state index contributed by atoms with van der Waals surface area (Å²) < 4.78 is 0. The molecule has 1 aliphatic heterocycles. The number of hydrogen-bond acceptors (Lipinski definition) is 2. The van der Waals surface area contributed by atoms with Crippen LogP contribution in [0.3, 0.4) is 0 Å². The second-order valence-electron chi connectivity index (χ2n) is 5.81. The Hall–Kier alpha value is -1.55. The number of piperazine rings is 1. The van der Waals surface area contributed by atoms with E-state index in [1.54, 1.807) is 18.2 Å². The van der Waals surface area contributed by atoms with Gasteiger partial charge in [0.25, 0.3) is 5.91 Å². The van der Waals surface area contributed by atoms with Gasteiger partial charge in [0.2, 0.25) is 0 Å². The molecule has 1 saturated heterocycles. The fraction of sp³-hybridized carbons (Fsp3) is 0.278. The van der Waals surface area contributed by atoms with Gasteiger partial charge in [-0.1, -0.05) is 53.5 Å². The van der Waals surface area contributed by atoms with E-state index in [9.17, 15) is 4.79 Å². The molecule has 1 atom stereocenters. The van der Waals surface area contributed by atoms with Gasteiger partial charge in [-0.05, 0) is 30.8 Å². The molecule has 0 aromatic heterocycles. The molecule has 1 aliphatic rings. The first-order chi connectivity index (χ1) is 11.1. The number of hydrogen-bond donors (Lipinski definition) is 0. The van der Waals surface area contributed by atoms with Crippen LogP contribution in [0.1, 0.15) is 22.0 Å². The molecule has 0 aliphatic carbocycles. The Balaban J connectivity index is 1.93. The molecule has 3 rings (SSSR count). The lowest BCUT2D eigenvalue weighted by Gasteiger charge is -2.40. The fourth-order valence-electron chi connectivity index (χ4n) is 2.94. The SMILES string of the molecule is CN1CCN(C(=O)c2ccc(Cl)cc2Cl)[C@@H](c2ccccc2)C1. The maximum atomic E-state index is 13.0. The molecule has 0 radical (unpaired) electrons. The zero-order valence-electron chi connectivity index (χ0n) is 12.9. The molecule has 0 spiro atoms. The Labute approximate surface area is 146 Å². The molecule has 23 heavy (non-hydrogen) atoms. The Morgan fingerprint density at radius 2 is 1.83 bits per heavy atom. The summed E-state index contributed by atoms with van der Waals surface area (Å²) in [5, 5.41) is 0.928. The highest BCUT2D eigenvalue weighted by Crippen LogP contribution is 2.29. The van der Waals surface area contributed by atoms with Crippen molar-refractivity contribution >= 4 is 29.1 Å². The summed E-state index contributed by atoms with van der Waals surface area (Å²) in [4.78, 5) is 17.2. The molecule has 1 fully saturated rings. The van der Waals surface area contributed by atoms with Crippen LogP contribution < -0.4 is 0 Å². The molecule has 0 saturated carbocycles. The number of rotatable bonds is 2. The number of carbonyl (C=O) groups excluding carboxylic acids is 1. The standard InChI is InChI=1S/C18H18Cl2N2O/c1-21-9-10-22(17(12-21)13-5-3-2-4-6-13)18(23)15-8-7-14(19)11-16(15)20/h2-8,11,17H,9-10,12H2,1H3/t17-/m1/s1. The predicted molar refractivity (Wildman–Crippen MR) is 94.2 cm³/mol. The molecule has 5 heteroatoms. The van der Waals surface area contributed by atoms with Crippen molar-refractivity contribution in [3.63, 3.8) is 0 Å². The molecule has 0 unspecified atom stereocenters. The lowest BCUT2D eigenvalue weighted by atomic mass is 10.0. The molecule has 1 heterocycles. The predicted octanol–water partition coefficient (Wildman–Crippen LogP) is 4.12. The van der Waals surface area contributed by atoms with Gasteiger partial charge in [-0.15, -0.1) is 0 Å². The zero-order chi connectivity index (χ0) is 16.4. The highest BCUT2D eigenvalue weighted by molar-refractivity contribution is 6.36. The number of amides is 1.